The minimum absolute atomic E-state index is 0.327. The summed E-state index contributed by atoms with van der Waals surface area (Å²) >= 11 is 0. The number of primary amides is 1. The number of carboxylic acids is 1. The second kappa shape index (κ2) is 12.8. The molecule has 0 heterocycles. The first-order valence-corrected chi connectivity index (χ1v) is 9.41. The molecule has 0 aromatic heterocycles. The molecule has 14 heteroatoms. The molecule has 11 N–H and O–H groups in total. The molecule has 0 radical (unpaired) electrons. The van der Waals surface area contributed by atoms with Gasteiger partial charge in [-0.1, -0.05) is 0 Å². The van der Waals surface area contributed by atoms with E-state index >= 15 is 0 Å². The Morgan fingerprint density at radius 1 is 0.774 bits per heavy atom. The SMILES string of the molecule is CC(O)C(N)C(=O)NC(C(=O)NC(CCC(N)=O)C(=O)NC(C(=O)O)C(C)O)C(C)O. The van der Waals surface area contributed by atoms with Gasteiger partial charge in [0, 0.05) is 6.42 Å². The zero-order chi connectivity index (χ0) is 24.5. The van der Waals surface area contributed by atoms with Crippen LogP contribution >= 0.6 is 0 Å². The van der Waals surface area contributed by atoms with E-state index in [0.717, 1.165) is 6.92 Å². The highest BCUT2D eigenvalue weighted by atomic mass is 16.4. The van der Waals surface area contributed by atoms with Crippen LogP contribution in [0.2, 0.25) is 0 Å². The molecule has 0 aliphatic carbocycles. The van der Waals surface area contributed by atoms with Crippen molar-refractivity contribution in [3.8, 4) is 0 Å². The third-order valence-corrected chi connectivity index (χ3v) is 4.24. The van der Waals surface area contributed by atoms with Crippen LogP contribution < -0.4 is 27.4 Å². The maximum absolute atomic E-state index is 12.6. The van der Waals surface area contributed by atoms with E-state index in [2.05, 4.69) is 10.6 Å². The lowest BCUT2D eigenvalue weighted by Crippen LogP contribution is -2.61. The number of rotatable bonds is 13. The Kier molecular flexibility index (Phi) is 11.6. The van der Waals surface area contributed by atoms with E-state index in [-0.39, 0.29) is 12.8 Å². The number of hydrogen-bond donors (Lipinski definition) is 9. The minimum Gasteiger partial charge on any atom is -0.480 e. The largest absolute Gasteiger partial charge is 0.480 e. The van der Waals surface area contributed by atoms with Crippen molar-refractivity contribution in [2.75, 3.05) is 0 Å². The number of carboxylic acid groups (broad SMARTS) is 1. The van der Waals surface area contributed by atoms with Gasteiger partial charge in [-0.3, -0.25) is 19.2 Å². The van der Waals surface area contributed by atoms with Crippen LogP contribution in [-0.4, -0.2) is 92.5 Å². The van der Waals surface area contributed by atoms with Crippen molar-refractivity contribution >= 4 is 29.6 Å². The van der Waals surface area contributed by atoms with E-state index in [9.17, 15) is 39.3 Å². The summed E-state index contributed by atoms with van der Waals surface area (Å²) in [7, 11) is 0. The first-order valence-electron chi connectivity index (χ1n) is 9.41. The van der Waals surface area contributed by atoms with Gasteiger partial charge in [0.2, 0.25) is 23.6 Å². The number of amides is 4. The van der Waals surface area contributed by atoms with Gasteiger partial charge in [0.05, 0.1) is 18.3 Å². The molecule has 0 bridgehead atoms. The topological polar surface area (TPSA) is 254 Å². The molecule has 7 unspecified atom stereocenters. The molecule has 0 aromatic carbocycles. The van der Waals surface area contributed by atoms with Crippen molar-refractivity contribution < 1.29 is 44.4 Å². The summed E-state index contributed by atoms with van der Waals surface area (Å²) < 4.78 is 0. The van der Waals surface area contributed by atoms with Crippen LogP contribution in [0.1, 0.15) is 33.6 Å². The Morgan fingerprint density at radius 2 is 1.26 bits per heavy atom. The zero-order valence-electron chi connectivity index (χ0n) is 17.4. The van der Waals surface area contributed by atoms with Crippen LogP contribution in [0.4, 0.5) is 0 Å². The van der Waals surface area contributed by atoms with E-state index in [4.69, 9.17) is 16.6 Å². The lowest BCUT2D eigenvalue weighted by Gasteiger charge is -2.27. The number of nitrogens with one attached hydrogen (secondary N) is 3. The number of aliphatic hydroxyl groups excluding tert-OH is 3. The highest BCUT2D eigenvalue weighted by Crippen LogP contribution is 2.04. The molecule has 4 amide bonds. The first kappa shape index (κ1) is 28.2. The Morgan fingerprint density at radius 3 is 1.65 bits per heavy atom. The Hall–Kier alpha value is -2.81. The number of carbonyl (C=O) groups is 5. The predicted octanol–water partition coefficient (Wildman–Crippen LogP) is -4.74. The molecule has 178 valence electrons. The lowest BCUT2D eigenvalue weighted by molar-refractivity contribution is -0.145. The normalized spacial score (nSPS) is 17.8. The fourth-order valence-electron chi connectivity index (χ4n) is 2.33. The summed E-state index contributed by atoms with van der Waals surface area (Å²) in [4.78, 5) is 59.3. The van der Waals surface area contributed by atoms with Gasteiger partial charge in [-0.2, -0.15) is 0 Å². The zero-order valence-corrected chi connectivity index (χ0v) is 17.4. The predicted molar refractivity (Wildman–Crippen MR) is 105 cm³/mol. The van der Waals surface area contributed by atoms with Gasteiger partial charge in [-0.15, -0.1) is 0 Å². The van der Waals surface area contributed by atoms with Crippen LogP contribution in [-0.2, 0) is 24.0 Å². The van der Waals surface area contributed by atoms with Gasteiger partial charge in [0.25, 0.3) is 0 Å². The van der Waals surface area contributed by atoms with Gasteiger partial charge in [-0.25, -0.2) is 4.79 Å². The fraction of sp³-hybridized carbons (Fsp3) is 0.706. The highest BCUT2D eigenvalue weighted by molar-refractivity contribution is 5.94. The third kappa shape index (κ3) is 9.69. The molecule has 0 aliphatic rings. The molecule has 14 nitrogen and oxygen atoms in total. The Labute approximate surface area is 178 Å². The molecule has 0 aliphatic heterocycles. The summed E-state index contributed by atoms with van der Waals surface area (Å²) in [5, 5.41) is 44.2. The van der Waals surface area contributed by atoms with E-state index in [1.54, 1.807) is 0 Å². The molecule has 0 saturated carbocycles. The van der Waals surface area contributed by atoms with Crippen molar-refractivity contribution in [3.05, 3.63) is 0 Å². The van der Waals surface area contributed by atoms with Crippen molar-refractivity contribution in [2.45, 2.75) is 76.1 Å². The minimum atomic E-state index is -1.70. The molecule has 0 rings (SSSR count). The number of hydrogen-bond acceptors (Lipinski definition) is 9. The van der Waals surface area contributed by atoms with E-state index in [1.807, 2.05) is 5.32 Å². The molecule has 0 fully saturated rings. The monoisotopic (exact) mass is 449 g/mol. The van der Waals surface area contributed by atoms with Gasteiger partial charge in [0.1, 0.15) is 18.1 Å². The molecule has 0 aromatic rings. The number of carbonyl (C=O) groups excluding carboxylic acids is 4. The van der Waals surface area contributed by atoms with Crippen LogP contribution in [0.15, 0.2) is 0 Å². The van der Waals surface area contributed by atoms with Crippen LogP contribution in [0.3, 0.4) is 0 Å². The molecule has 0 saturated heterocycles. The van der Waals surface area contributed by atoms with Gasteiger partial charge < -0.3 is 47.8 Å². The van der Waals surface area contributed by atoms with E-state index < -0.39 is 72.1 Å². The second-order valence-electron chi connectivity index (χ2n) is 7.12. The number of aliphatic hydroxyl groups is 3. The van der Waals surface area contributed by atoms with Crippen molar-refractivity contribution in [1.82, 2.24) is 16.0 Å². The van der Waals surface area contributed by atoms with Crippen molar-refractivity contribution in [2.24, 2.45) is 11.5 Å². The van der Waals surface area contributed by atoms with E-state index in [0.29, 0.717) is 0 Å². The summed E-state index contributed by atoms with van der Waals surface area (Å²) in [6, 6.07) is -6.17. The summed E-state index contributed by atoms with van der Waals surface area (Å²) in [5.74, 6) is -5.38. The molecular formula is C17H31N5O9. The fourth-order valence-corrected chi connectivity index (χ4v) is 2.33. The molecular weight excluding hydrogens is 418 g/mol. The average Bonchev–Trinajstić information content (AvgIpc) is 2.64. The van der Waals surface area contributed by atoms with Gasteiger partial charge in [0.15, 0.2) is 6.04 Å². The summed E-state index contributed by atoms with van der Waals surface area (Å²) in [5.41, 5.74) is 10.5. The Balaban J connectivity index is 5.51. The lowest BCUT2D eigenvalue weighted by atomic mass is 10.1. The maximum atomic E-state index is 12.6. The first-order chi connectivity index (χ1) is 14.2. The average molecular weight is 449 g/mol. The van der Waals surface area contributed by atoms with Crippen LogP contribution in [0.25, 0.3) is 0 Å². The van der Waals surface area contributed by atoms with Crippen molar-refractivity contribution in [1.29, 1.82) is 0 Å². The highest BCUT2D eigenvalue weighted by Gasteiger charge is 2.34. The second-order valence-corrected chi connectivity index (χ2v) is 7.12. The molecule has 0 spiro atoms. The molecule has 31 heavy (non-hydrogen) atoms. The third-order valence-electron chi connectivity index (χ3n) is 4.24. The number of aliphatic carboxylic acids is 1. The standard InChI is InChI=1S/C17H31N5O9/c1-6(23)11(19)15(28)21-12(7(2)24)16(29)20-9(4-5-10(18)26)14(27)22-13(8(3)25)17(30)31/h6-9,11-13,23-25H,4-5,19H2,1-3H3,(H2,18,26)(H,20,29)(H,21,28)(H,22,27)(H,30,31). The summed E-state index contributed by atoms with van der Waals surface area (Å²) in [6.45, 7) is 3.54. The van der Waals surface area contributed by atoms with Gasteiger partial charge in [-0.05, 0) is 27.2 Å². The summed E-state index contributed by atoms with van der Waals surface area (Å²) in [6.07, 6.45) is -4.86. The maximum Gasteiger partial charge on any atom is 0.328 e. The van der Waals surface area contributed by atoms with Crippen molar-refractivity contribution in [3.63, 3.8) is 0 Å². The van der Waals surface area contributed by atoms with Gasteiger partial charge >= 0.3 is 5.97 Å². The van der Waals surface area contributed by atoms with E-state index in [1.165, 1.54) is 13.8 Å². The Bertz CT molecular complexity index is 668. The smallest absolute Gasteiger partial charge is 0.328 e. The molecule has 7 atom stereocenters. The quantitative estimate of drug-likeness (QED) is 0.130. The number of nitrogens with two attached hydrogens (primary N) is 2. The van der Waals surface area contributed by atoms with Crippen LogP contribution in [0, 0.1) is 0 Å². The van der Waals surface area contributed by atoms with Crippen LogP contribution in [0.5, 0.6) is 0 Å².